The smallest absolute Gasteiger partial charge is 0.0595 e. The van der Waals surface area contributed by atoms with Gasteiger partial charge >= 0.3 is 0 Å². The van der Waals surface area contributed by atoms with E-state index in [2.05, 4.69) is 25.2 Å². The second-order valence-corrected chi connectivity index (χ2v) is 6.72. The van der Waals surface area contributed by atoms with E-state index in [-0.39, 0.29) is 0 Å². The molecule has 0 radical (unpaired) electrons. The van der Waals surface area contributed by atoms with Crippen LogP contribution in [0, 0.1) is 11.8 Å². The average molecular weight is 314 g/mol. The molecule has 1 N–H and O–H groups in total. The fourth-order valence-electron chi connectivity index (χ4n) is 3.49. The van der Waals surface area contributed by atoms with E-state index < -0.39 is 0 Å². The molecule has 2 rings (SSSR count). The molecule has 1 aromatic carbocycles. The summed E-state index contributed by atoms with van der Waals surface area (Å²) in [5.74, 6) is 1.60. The Balaban J connectivity index is 2.18. The molecule has 1 aliphatic rings. The van der Waals surface area contributed by atoms with Crippen molar-refractivity contribution in [2.75, 3.05) is 6.54 Å². The molecule has 0 spiro atoms. The van der Waals surface area contributed by atoms with Gasteiger partial charge in [0.1, 0.15) is 0 Å². The maximum atomic E-state index is 6.19. The quantitative estimate of drug-likeness (QED) is 0.717. The second-order valence-electron chi connectivity index (χ2n) is 5.91. The molecule has 0 saturated heterocycles. The topological polar surface area (TPSA) is 12.0 Å². The minimum atomic E-state index is 0.407. The van der Waals surface area contributed by atoms with Crippen LogP contribution < -0.4 is 5.32 Å². The van der Waals surface area contributed by atoms with E-state index in [1.54, 1.807) is 0 Å². The first-order chi connectivity index (χ1) is 9.65. The zero-order chi connectivity index (χ0) is 14.5. The van der Waals surface area contributed by atoms with Gasteiger partial charge in [0.05, 0.1) is 10.0 Å². The molecule has 0 amide bonds. The molecule has 20 heavy (non-hydrogen) atoms. The molecule has 3 heteroatoms. The first kappa shape index (κ1) is 16.1. The number of hydrogen-bond acceptors (Lipinski definition) is 1. The van der Waals surface area contributed by atoms with Crippen LogP contribution in [0.3, 0.4) is 0 Å². The van der Waals surface area contributed by atoms with E-state index in [1.807, 2.05) is 12.1 Å². The summed E-state index contributed by atoms with van der Waals surface area (Å²) < 4.78 is 0. The molecule has 112 valence electrons. The molecule has 1 nitrogen and oxygen atoms in total. The normalized spacial score (nSPS) is 24.6. The summed E-state index contributed by atoms with van der Waals surface area (Å²) in [4.78, 5) is 0. The Labute approximate surface area is 133 Å². The maximum absolute atomic E-state index is 6.19. The van der Waals surface area contributed by atoms with Crippen molar-refractivity contribution in [2.24, 2.45) is 11.8 Å². The van der Waals surface area contributed by atoms with Gasteiger partial charge in [-0.2, -0.15) is 0 Å². The van der Waals surface area contributed by atoms with E-state index >= 15 is 0 Å². The van der Waals surface area contributed by atoms with Crippen LogP contribution in [0.1, 0.15) is 57.6 Å². The van der Waals surface area contributed by atoms with Gasteiger partial charge in [0, 0.05) is 6.04 Å². The van der Waals surface area contributed by atoms with Crippen LogP contribution in [0.2, 0.25) is 10.0 Å². The van der Waals surface area contributed by atoms with Gasteiger partial charge in [0.25, 0.3) is 0 Å². The van der Waals surface area contributed by atoms with Gasteiger partial charge in [-0.1, -0.05) is 62.4 Å². The third-order valence-corrected chi connectivity index (χ3v) is 5.34. The minimum Gasteiger partial charge on any atom is -0.310 e. The van der Waals surface area contributed by atoms with Crippen molar-refractivity contribution >= 4 is 23.2 Å². The highest BCUT2D eigenvalue weighted by Crippen LogP contribution is 2.39. The first-order valence-corrected chi connectivity index (χ1v) is 8.59. The Morgan fingerprint density at radius 1 is 1.20 bits per heavy atom. The number of rotatable bonds is 5. The third kappa shape index (κ3) is 3.90. The van der Waals surface area contributed by atoms with Crippen molar-refractivity contribution in [1.29, 1.82) is 0 Å². The predicted molar refractivity (Wildman–Crippen MR) is 88.6 cm³/mol. The lowest BCUT2D eigenvalue weighted by molar-refractivity contribution is 0.210. The highest BCUT2D eigenvalue weighted by atomic mass is 35.5. The third-order valence-electron chi connectivity index (χ3n) is 4.60. The summed E-state index contributed by atoms with van der Waals surface area (Å²) >= 11 is 12.2. The van der Waals surface area contributed by atoms with Crippen molar-refractivity contribution in [3.63, 3.8) is 0 Å². The molecular formula is C17H25Cl2N. The van der Waals surface area contributed by atoms with Gasteiger partial charge in [-0.3, -0.25) is 0 Å². The van der Waals surface area contributed by atoms with Crippen molar-refractivity contribution in [3.05, 3.63) is 33.8 Å². The van der Waals surface area contributed by atoms with E-state index in [1.165, 1.54) is 37.7 Å². The zero-order valence-corrected chi connectivity index (χ0v) is 14.0. The molecule has 0 bridgehead atoms. The van der Waals surface area contributed by atoms with Gasteiger partial charge in [0.15, 0.2) is 0 Å². The molecule has 1 saturated carbocycles. The summed E-state index contributed by atoms with van der Waals surface area (Å²) in [6.07, 6.45) is 6.69. The van der Waals surface area contributed by atoms with Gasteiger partial charge in [-0.15, -0.1) is 0 Å². The Kier molecular flexibility index (Phi) is 6.20. The summed E-state index contributed by atoms with van der Waals surface area (Å²) in [7, 11) is 0. The van der Waals surface area contributed by atoms with Crippen LogP contribution in [0.4, 0.5) is 0 Å². The molecule has 1 aliphatic carbocycles. The second kappa shape index (κ2) is 7.68. The fourth-order valence-corrected chi connectivity index (χ4v) is 3.80. The standard InChI is InChI=1S/C17H25Cl2N/c1-3-12-6-5-7-13(10-12)17(20-4-2)14-8-9-15(18)16(19)11-14/h8-9,11-13,17,20H,3-7,10H2,1-2H3. The minimum absolute atomic E-state index is 0.407. The highest BCUT2D eigenvalue weighted by molar-refractivity contribution is 6.42. The number of nitrogens with one attached hydrogen (secondary N) is 1. The first-order valence-electron chi connectivity index (χ1n) is 7.84. The van der Waals surface area contributed by atoms with Crippen LogP contribution in [-0.2, 0) is 0 Å². The van der Waals surface area contributed by atoms with E-state index in [0.29, 0.717) is 22.0 Å². The molecule has 0 heterocycles. The summed E-state index contributed by atoms with van der Waals surface area (Å²) in [6.45, 7) is 5.47. The van der Waals surface area contributed by atoms with Gasteiger partial charge in [-0.05, 0) is 48.9 Å². The Hall–Kier alpha value is -0.240. The molecule has 3 atom stereocenters. The zero-order valence-electron chi connectivity index (χ0n) is 12.5. The van der Waals surface area contributed by atoms with Gasteiger partial charge in [0.2, 0.25) is 0 Å². The average Bonchev–Trinajstić information content (AvgIpc) is 2.48. The predicted octanol–water partition coefficient (Wildman–Crippen LogP) is 5.86. The summed E-state index contributed by atoms with van der Waals surface area (Å²) in [6, 6.07) is 6.48. The number of halogens is 2. The summed E-state index contributed by atoms with van der Waals surface area (Å²) in [5, 5.41) is 4.96. The molecular weight excluding hydrogens is 289 g/mol. The molecule has 1 fully saturated rings. The Morgan fingerprint density at radius 3 is 2.65 bits per heavy atom. The fraction of sp³-hybridized carbons (Fsp3) is 0.647. The number of benzene rings is 1. The van der Waals surface area contributed by atoms with Crippen LogP contribution >= 0.6 is 23.2 Å². The van der Waals surface area contributed by atoms with Crippen LogP contribution in [-0.4, -0.2) is 6.54 Å². The maximum Gasteiger partial charge on any atom is 0.0595 e. The van der Waals surface area contributed by atoms with E-state index in [9.17, 15) is 0 Å². The molecule has 1 aromatic rings. The summed E-state index contributed by atoms with van der Waals surface area (Å²) in [5.41, 5.74) is 1.28. The lowest BCUT2D eigenvalue weighted by atomic mass is 9.75. The van der Waals surface area contributed by atoms with Gasteiger partial charge in [-0.25, -0.2) is 0 Å². The SMILES string of the molecule is CCNC(c1ccc(Cl)c(Cl)c1)C1CCCC(CC)C1. The monoisotopic (exact) mass is 313 g/mol. The van der Waals surface area contributed by atoms with Crippen LogP contribution in [0.15, 0.2) is 18.2 Å². The van der Waals surface area contributed by atoms with E-state index in [4.69, 9.17) is 23.2 Å². The van der Waals surface area contributed by atoms with Crippen molar-refractivity contribution in [1.82, 2.24) is 5.32 Å². The molecule has 0 aromatic heterocycles. The Morgan fingerprint density at radius 2 is 2.00 bits per heavy atom. The van der Waals surface area contributed by atoms with E-state index in [0.717, 1.165) is 12.5 Å². The number of hydrogen-bond donors (Lipinski definition) is 1. The van der Waals surface area contributed by atoms with Crippen molar-refractivity contribution in [3.8, 4) is 0 Å². The Bertz CT molecular complexity index is 433. The highest BCUT2D eigenvalue weighted by Gasteiger charge is 2.28. The lowest BCUT2D eigenvalue weighted by Crippen LogP contribution is -2.31. The molecule has 0 aliphatic heterocycles. The van der Waals surface area contributed by atoms with Gasteiger partial charge < -0.3 is 5.32 Å². The van der Waals surface area contributed by atoms with Crippen molar-refractivity contribution < 1.29 is 0 Å². The van der Waals surface area contributed by atoms with Crippen LogP contribution in [0.25, 0.3) is 0 Å². The van der Waals surface area contributed by atoms with Crippen molar-refractivity contribution in [2.45, 2.75) is 52.0 Å². The van der Waals surface area contributed by atoms with Crippen LogP contribution in [0.5, 0.6) is 0 Å². The molecule has 3 unspecified atom stereocenters. The largest absolute Gasteiger partial charge is 0.310 e. The lowest BCUT2D eigenvalue weighted by Gasteiger charge is -2.35.